The number of ether oxygens (including phenoxy) is 2. The number of halogens is 2. The minimum Gasteiger partial charge on any atom is -0.452 e. The quantitative estimate of drug-likeness (QED) is 0.517. The molecule has 0 aromatic heterocycles. The van der Waals surface area contributed by atoms with Crippen LogP contribution >= 0.6 is 0 Å². The van der Waals surface area contributed by atoms with Crippen LogP contribution in [-0.4, -0.2) is 43.1 Å². The van der Waals surface area contributed by atoms with Gasteiger partial charge in [0.05, 0.1) is 0 Å². The molecule has 0 atom stereocenters. The maximum Gasteiger partial charge on any atom is 0.387 e. The Morgan fingerprint density at radius 2 is 1.78 bits per heavy atom. The van der Waals surface area contributed by atoms with Crippen LogP contribution in [0.1, 0.15) is 10.4 Å². The van der Waals surface area contributed by atoms with Crippen molar-refractivity contribution in [1.82, 2.24) is 4.90 Å². The first-order valence-corrected chi connectivity index (χ1v) is 6.70. The first-order chi connectivity index (χ1) is 11.0. The summed E-state index contributed by atoms with van der Waals surface area (Å²) in [5.41, 5.74) is -0.181. The van der Waals surface area contributed by atoms with E-state index in [4.69, 9.17) is 4.74 Å². The fraction of sp³-hybridized carbons (Fsp3) is 0.250. The molecule has 0 bridgehead atoms. The van der Waals surface area contributed by atoms with Crippen molar-refractivity contribution < 1.29 is 27.8 Å². The second-order valence-electron chi connectivity index (χ2n) is 4.33. The number of carbonyl (C=O) groups excluding carboxylic acids is 2. The van der Waals surface area contributed by atoms with Crippen molar-refractivity contribution in [2.45, 2.75) is 6.61 Å². The van der Waals surface area contributed by atoms with E-state index in [1.807, 2.05) is 0 Å². The molecule has 0 saturated carbocycles. The summed E-state index contributed by atoms with van der Waals surface area (Å²) in [6.45, 7) is 4.00. The van der Waals surface area contributed by atoms with E-state index < -0.39 is 25.1 Å². The summed E-state index contributed by atoms with van der Waals surface area (Å²) in [5.74, 6) is -1.69. The molecular weight excluding hydrogens is 308 g/mol. The first-order valence-electron chi connectivity index (χ1n) is 6.70. The van der Waals surface area contributed by atoms with Crippen LogP contribution in [0, 0.1) is 0 Å². The monoisotopic (exact) mass is 325 g/mol. The van der Waals surface area contributed by atoms with Crippen molar-refractivity contribution >= 4 is 11.9 Å². The highest BCUT2D eigenvalue weighted by Gasteiger charge is 2.19. The van der Waals surface area contributed by atoms with Crippen LogP contribution in [0.3, 0.4) is 0 Å². The average Bonchev–Trinajstić information content (AvgIpc) is 2.52. The van der Waals surface area contributed by atoms with Gasteiger partial charge < -0.3 is 14.4 Å². The molecule has 23 heavy (non-hydrogen) atoms. The lowest BCUT2D eigenvalue weighted by atomic mass is 10.2. The zero-order valence-corrected chi connectivity index (χ0v) is 12.4. The minimum absolute atomic E-state index is 0.181. The van der Waals surface area contributed by atoms with Gasteiger partial charge in [0.2, 0.25) is 0 Å². The molecule has 0 aliphatic carbocycles. The molecule has 0 radical (unpaired) electrons. The van der Waals surface area contributed by atoms with Gasteiger partial charge in [0.1, 0.15) is 11.3 Å². The van der Waals surface area contributed by atoms with E-state index in [0.717, 1.165) is 0 Å². The Labute approximate surface area is 132 Å². The fourth-order valence-corrected chi connectivity index (χ4v) is 1.72. The SMILES string of the molecule is C=CCN(CC=C)C(=O)COC(=O)c1ccccc1OC(F)F. The van der Waals surface area contributed by atoms with E-state index in [1.165, 1.54) is 41.3 Å². The molecule has 124 valence electrons. The van der Waals surface area contributed by atoms with Crippen LogP contribution < -0.4 is 4.74 Å². The van der Waals surface area contributed by atoms with Gasteiger partial charge in [-0.05, 0) is 12.1 Å². The van der Waals surface area contributed by atoms with Crippen molar-refractivity contribution in [2.75, 3.05) is 19.7 Å². The number of alkyl halides is 2. The molecule has 0 heterocycles. The Morgan fingerprint density at radius 3 is 2.35 bits per heavy atom. The molecule has 0 unspecified atom stereocenters. The van der Waals surface area contributed by atoms with Gasteiger partial charge in [-0.2, -0.15) is 8.78 Å². The molecule has 0 N–H and O–H groups in total. The molecular formula is C16H17F2NO4. The highest BCUT2D eigenvalue weighted by atomic mass is 19.3. The van der Waals surface area contributed by atoms with E-state index in [0.29, 0.717) is 0 Å². The summed E-state index contributed by atoms with van der Waals surface area (Å²) < 4.78 is 33.7. The van der Waals surface area contributed by atoms with Crippen molar-refractivity contribution in [3.63, 3.8) is 0 Å². The lowest BCUT2D eigenvalue weighted by Crippen LogP contribution is -2.35. The minimum atomic E-state index is -3.07. The van der Waals surface area contributed by atoms with Gasteiger partial charge in [0.15, 0.2) is 6.61 Å². The molecule has 0 aliphatic rings. The third-order valence-corrected chi connectivity index (χ3v) is 2.70. The summed E-state index contributed by atoms with van der Waals surface area (Å²) in [7, 11) is 0. The van der Waals surface area contributed by atoms with Gasteiger partial charge in [-0.1, -0.05) is 24.3 Å². The summed E-state index contributed by atoms with van der Waals surface area (Å²) >= 11 is 0. The van der Waals surface area contributed by atoms with E-state index in [9.17, 15) is 18.4 Å². The number of rotatable bonds is 9. The molecule has 1 aromatic carbocycles. The number of carbonyl (C=O) groups is 2. The molecule has 0 spiro atoms. The zero-order chi connectivity index (χ0) is 17.2. The molecule has 7 heteroatoms. The number of benzene rings is 1. The van der Waals surface area contributed by atoms with Gasteiger partial charge in [-0.3, -0.25) is 4.79 Å². The Kier molecular flexibility index (Phi) is 7.45. The Hall–Kier alpha value is -2.70. The van der Waals surface area contributed by atoms with Crippen molar-refractivity contribution in [2.24, 2.45) is 0 Å². The molecule has 1 amide bonds. The molecule has 5 nitrogen and oxygen atoms in total. The Bertz CT molecular complexity index is 565. The van der Waals surface area contributed by atoms with Gasteiger partial charge in [0.25, 0.3) is 5.91 Å². The van der Waals surface area contributed by atoms with Crippen molar-refractivity contribution in [3.05, 3.63) is 55.1 Å². The third kappa shape index (κ3) is 5.90. The predicted octanol–water partition coefficient (Wildman–Crippen LogP) is 2.65. The van der Waals surface area contributed by atoms with Gasteiger partial charge in [-0.25, -0.2) is 4.79 Å². The molecule has 0 fully saturated rings. The second-order valence-corrected chi connectivity index (χ2v) is 4.33. The molecule has 1 rings (SSSR count). The summed E-state index contributed by atoms with van der Waals surface area (Å²) in [4.78, 5) is 25.2. The average molecular weight is 325 g/mol. The number of esters is 1. The van der Waals surface area contributed by atoms with Gasteiger partial charge in [0, 0.05) is 13.1 Å². The number of para-hydroxylation sites is 1. The molecule has 1 aromatic rings. The van der Waals surface area contributed by atoms with Crippen LogP contribution in [-0.2, 0) is 9.53 Å². The van der Waals surface area contributed by atoms with Crippen LogP contribution in [0.25, 0.3) is 0 Å². The van der Waals surface area contributed by atoms with Crippen molar-refractivity contribution in [1.29, 1.82) is 0 Å². The van der Waals surface area contributed by atoms with Crippen LogP contribution in [0.4, 0.5) is 8.78 Å². The van der Waals surface area contributed by atoms with Crippen molar-refractivity contribution in [3.8, 4) is 5.75 Å². The standard InChI is InChI=1S/C16H17F2NO4/c1-3-9-19(10-4-2)14(20)11-22-15(21)12-7-5-6-8-13(12)23-16(17)18/h3-8,16H,1-2,9-11H2. The van der Waals surface area contributed by atoms with Gasteiger partial charge in [-0.15, -0.1) is 13.2 Å². The van der Waals surface area contributed by atoms with E-state index in [2.05, 4.69) is 17.9 Å². The maximum atomic E-state index is 12.3. The largest absolute Gasteiger partial charge is 0.452 e. The number of hydrogen-bond donors (Lipinski definition) is 0. The first kappa shape index (κ1) is 18.3. The van der Waals surface area contributed by atoms with Crippen LogP contribution in [0.5, 0.6) is 5.75 Å². The number of hydrogen-bond acceptors (Lipinski definition) is 4. The van der Waals surface area contributed by atoms with E-state index in [-0.39, 0.29) is 24.4 Å². The van der Waals surface area contributed by atoms with E-state index in [1.54, 1.807) is 0 Å². The smallest absolute Gasteiger partial charge is 0.387 e. The highest BCUT2D eigenvalue weighted by molar-refractivity contribution is 5.94. The molecule has 0 aliphatic heterocycles. The lowest BCUT2D eigenvalue weighted by Gasteiger charge is -2.19. The normalized spacial score (nSPS) is 10.0. The predicted molar refractivity (Wildman–Crippen MR) is 80.3 cm³/mol. The van der Waals surface area contributed by atoms with Crippen LogP contribution in [0.2, 0.25) is 0 Å². The third-order valence-electron chi connectivity index (χ3n) is 2.70. The lowest BCUT2D eigenvalue weighted by molar-refractivity contribution is -0.133. The van der Waals surface area contributed by atoms with E-state index >= 15 is 0 Å². The summed E-state index contributed by atoms with van der Waals surface area (Å²) in [6, 6.07) is 5.40. The molecule has 0 saturated heterocycles. The topological polar surface area (TPSA) is 55.8 Å². The number of amides is 1. The highest BCUT2D eigenvalue weighted by Crippen LogP contribution is 2.21. The zero-order valence-electron chi connectivity index (χ0n) is 12.4. The fourth-order valence-electron chi connectivity index (χ4n) is 1.72. The van der Waals surface area contributed by atoms with Gasteiger partial charge >= 0.3 is 12.6 Å². The number of nitrogens with zero attached hydrogens (tertiary/aromatic N) is 1. The summed E-state index contributed by atoms with van der Waals surface area (Å²) in [6.07, 6.45) is 3.05. The second kappa shape index (κ2) is 9.34. The summed E-state index contributed by atoms with van der Waals surface area (Å²) in [5, 5.41) is 0. The Morgan fingerprint density at radius 1 is 1.17 bits per heavy atom. The van der Waals surface area contributed by atoms with Crippen LogP contribution in [0.15, 0.2) is 49.6 Å². The maximum absolute atomic E-state index is 12.3. The Balaban J connectivity index is 2.71.